The number of H-pyrrole nitrogens is 1. The number of nitrogens with one attached hydrogen (secondary N) is 2. The van der Waals surface area contributed by atoms with E-state index in [1.165, 1.54) is 0 Å². The van der Waals surface area contributed by atoms with Crippen LogP contribution in [0.15, 0.2) is 34.9 Å². The Labute approximate surface area is 115 Å². The van der Waals surface area contributed by atoms with Gasteiger partial charge in [-0.1, -0.05) is 12.1 Å². The zero-order valence-electron chi connectivity index (χ0n) is 9.46. The number of fused-ring (bicyclic) bond motifs is 1. The van der Waals surface area contributed by atoms with Gasteiger partial charge in [0.1, 0.15) is 0 Å². The monoisotopic (exact) mass is 318 g/mol. The van der Waals surface area contributed by atoms with Crippen LogP contribution in [0.5, 0.6) is 0 Å². The number of aromatic nitrogens is 5. The van der Waals surface area contributed by atoms with Gasteiger partial charge in [-0.05, 0) is 33.3 Å². The summed E-state index contributed by atoms with van der Waals surface area (Å²) in [6, 6.07) is 7.44. The number of amides is 1. The molecule has 0 bridgehead atoms. The van der Waals surface area contributed by atoms with Gasteiger partial charge in [0, 0.05) is 16.1 Å². The summed E-state index contributed by atoms with van der Waals surface area (Å²) in [6.07, 6.45) is 1.67. The highest BCUT2D eigenvalue weighted by Gasteiger charge is 2.12. The zero-order chi connectivity index (χ0) is 13.2. The number of nitrogens with zero attached hydrogens (tertiary/aromatic N) is 4. The van der Waals surface area contributed by atoms with E-state index in [2.05, 4.69) is 46.9 Å². The Balaban J connectivity index is 1.99. The maximum Gasteiger partial charge on any atom is 0.297 e. The van der Waals surface area contributed by atoms with E-state index in [9.17, 15) is 4.79 Å². The number of carbonyl (C=O) groups excluding carboxylic acids is 1. The number of hydrogen-bond donors (Lipinski definition) is 2. The highest BCUT2D eigenvalue weighted by molar-refractivity contribution is 9.10. The number of carbonyl (C=O) groups is 1. The topological polar surface area (TPSA) is 96.5 Å². The van der Waals surface area contributed by atoms with Gasteiger partial charge in [-0.15, -0.1) is 10.2 Å². The molecule has 94 valence electrons. The number of anilines is 1. The van der Waals surface area contributed by atoms with Gasteiger partial charge in [-0.3, -0.25) is 9.78 Å². The minimum atomic E-state index is -0.439. The minimum Gasteiger partial charge on any atom is -0.317 e. The molecule has 0 fully saturated rings. The van der Waals surface area contributed by atoms with Crippen molar-refractivity contribution in [3.05, 3.63) is 40.8 Å². The molecule has 0 aliphatic heterocycles. The van der Waals surface area contributed by atoms with Crippen molar-refractivity contribution < 1.29 is 4.79 Å². The summed E-state index contributed by atoms with van der Waals surface area (Å²) in [5.41, 5.74) is 1.29. The van der Waals surface area contributed by atoms with E-state index in [-0.39, 0.29) is 5.82 Å². The van der Waals surface area contributed by atoms with Gasteiger partial charge in [-0.25, -0.2) is 0 Å². The van der Waals surface area contributed by atoms with Gasteiger partial charge in [-0.2, -0.15) is 5.21 Å². The molecule has 8 heteroatoms. The second-order valence-corrected chi connectivity index (χ2v) is 4.64. The van der Waals surface area contributed by atoms with E-state index >= 15 is 0 Å². The van der Waals surface area contributed by atoms with E-state index in [0.29, 0.717) is 11.2 Å². The molecule has 0 radical (unpaired) electrons. The quantitative estimate of drug-likeness (QED) is 0.750. The van der Waals surface area contributed by atoms with E-state index in [1.807, 2.05) is 18.2 Å². The molecule has 1 amide bonds. The van der Waals surface area contributed by atoms with Crippen LogP contribution in [0.1, 0.15) is 10.6 Å². The normalized spacial score (nSPS) is 10.6. The third kappa shape index (κ3) is 2.29. The van der Waals surface area contributed by atoms with Gasteiger partial charge in [0.05, 0.1) is 11.2 Å². The summed E-state index contributed by atoms with van der Waals surface area (Å²) in [5, 5.41) is 16.4. The molecular weight excluding hydrogens is 312 g/mol. The van der Waals surface area contributed by atoms with Gasteiger partial charge < -0.3 is 5.32 Å². The van der Waals surface area contributed by atoms with Crippen molar-refractivity contribution in [1.29, 1.82) is 0 Å². The van der Waals surface area contributed by atoms with E-state index < -0.39 is 5.91 Å². The fourth-order valence-corrected chi connectivity index (χ4v) is 2.02. The largest absolute Gasteiger partial charge is 0.317 e. The summed E-state index contributed by atoms with van der Waals surface area (Å²) in [7, 11) is 0. The van der Waals surface area contributed by atoms with Crippen LogP contribution in [-0.4, -0.2) is 31.5 Å². The van der Waals surface area contributed by atoms with Crippen molar-refractivity contribution in [3.8, 4) is 0 Å². The van der Waals surface area contributed by atoms with Gasteiger partial charge in [0.15, 0.2) is 0 Å². The number of benzene rings is 1. The molecule has 7 nitrogen and oxygen atoms in total. The van der Waals surface area contributed by atoms with Gasteiger partial charge in [0.25, 0.3) is 11.7 Å². The smallest absolute Gasteiger partial charge is 0.297 e. The first-order valence-corrected chi connectivity index (χ1v) is 6.12. The summed E-state index contributed by atoms with van der Waals surface area (Å²) < 4.78 is 0.877. The Kier molecular flexibility index (Phi) is 2.92. The Morgan fingerprint density at radius 2 is 2.26 bits per heavy atom. The van der Waals surface area contributed by atoms with Crippen LogP contribution in [0.4, 0.5) is 5.69 Å². The Hall–Kier alpha value is -2.35. The second kappa shape index (κ2) is 4.73. The Morgan fingerprint density at radius 1 is 1.37 bits per heavy atom. The van der Waals surface area contributed by atoms with Crippen molar-refractivity contribution in [2.24, 2.45) is 0 Å². The van der Waals surface area contributed by atoms with Crippen molar-refractivity contribution >= 4 is 38.4 Å². The molecule has 3 aromatic rings. The molecule has 2 aromatic heterocycles. The van der Waals surface area contributed by atoms with Crippen LogP contribution in [0.3, 0.4) is 0 Å². The summed E-state index contributed by atoms with van der Waals surface area (Å²) in [4.78, 5) is 16.1. The molecule has 2 heterocycles. The molecular formula is C11H7BrN6O. The number of halogens is 1. The number of aromatic amines is 1. The highest BCUT2D eigenvalue weighted by Crippen LogP contribution is 2.24. The minimum absolute atomic E-state index is 0.0193. The molecule has 0 saturated carbocycles. The van der Waals surface area contributed by atoms with Crippen molar-refractivity contribution in [2.75, 3.05) is 5.32 Å². The van der Waals surface area contributed by atoms with Crippen molar-refractivity contribution in [3.63, 3.8) is 0 Å². The number of para-hydroxylation sites is 1. The Bertz CT molecular complexity index is 742. The fraction of sp³-hybridized carbons (Fsp3) is 0. The molecule has 1 aromatic carbocycles. The van der Waals surface area contributed by atoms with Crippen molar-refractivity contribution in [1.82, 2.24) is 25.6 Å². The fourth-order valence-electron chi connectivity index (χ4n) is 1.67. The lowest BCUT2D eigenvalue weighted by Gasteiger charge is -2.06. The number of rotatable bonds is 2. The first-order chi connectivity index (χ1) is 9.24. The van der Waals surface area contributed by atoms with Crippen molar-refractivity contribution in [2.45, 2.75) is 0 Å². The summed E-state index contributed by atoms with van der Waals surface area (Å²) in [6.45, 7) is 0. The van der Waals surface area contributed by atoms with Crippen LogP contribution in [0.2, 0.25) is 0 Å². The van der Waals surface area contributed by atoms with Crippen LogP contribution >= 0.6 is 15.9 Å². The lowest BCUT2D eigenvalue weighted by Crippen LogP contribution is -2.14. The van der Waals surface area contributed by atoms with Gasteiger partial charge in [0.2, 0.25) is 0 Å². The standard InChI is InChI=1S/C11H7BrN6O/c12-7-4-6-2-1-3-8(9(6)13-5-7)14-11(19)10-15-17-18-16-10/h1-5H,(H,14,19)(H,15,16,17,18). The molecule has 0 aliphatic carbocycles. The van der Waals surface area contributed by atoms with E-state index in [4.69, 9.17) is 0 Å². The number of tetrazole rings is 1. The molecule has 3 rings (SSSR count). The van der Waals surface area contributed by atoms with Gasteiger partial charge >= 0.3 is 0 Å². The number of pyridine rings is 1. The molecule has 2 N–H and O–H groups in total. The third-order valence-corrected chi connectivity index (χ3v) is 2.91. The maximum atomic E-state index is 11.9. The summed E-state index contributed by atoms with van der Waals surface area (Å²) in [5.74, 6) is -0.458. The zero-order valence-corrected chi connectivity index (χ0v) is 11.0. The van der Waals surface area contributed by atoms with Crippen LogP contribution in [0.25, 0.3) is 10.9 Å². The SMILES string of the molecule is O=C(Nc1cccc2cc(Br)cnc12)c1nn[nH]n1. The number of hydrogen-bond acceptors (Lipinski definition) is 5. The highest BCUT2D eigenvalue weighted by atomic mass is 79.9. The first kappa shape index (κ1) is 11.7. The van der Waals surface area contributed by atoms with E-state index in [1.54, 1.807) is 12.3 Å². The summed E-state index contributed by atoms with van der Waals surface area (Å²) >= 11 is 3.36. The lowest BCUT2D eigenvalue weighted by atomic mass is 10.2. The molecule has 19 heavy (non-hydrogen) atoms. The molecule has 0 spiro atoms. The maximum absolute atomic E-state index is 11.9. The average Bonchev–Trinajstić information content (AvgIpc) is 2.92. The molecule has 0 saturated heterocycles. The Morgan fingerprint density at radius 3 is 3.05 bits per heavy atom. The first-order valence-electron chi connectivity index (χ1n) is 5.33. The molecule has 0 aliphatic rings. The van der Waals surface area contributed by atoms with Crippen LogP contribution in [-0.2, 0) is 0 Å². The third-order valence-electron chi connectivity index (χ3n) is 2.47. The van der Waals surface area contributed by atoms with E-state index in [0.717, 1.165) is 9.86 Å². The predicted molar refractivity (Wildman–Crippen MR) is 71.6 cm³/mol. The van der Waals surface area contributed by atoms with Crippen LogP contribution < -0.4 is 5.32 Å². The molecule has 0 atom stereocenters. The average molecular weight is 319 g/mol. The molecule has 0 unspecified atom stereocenters. The second-order valence-electron chi connectivity index (χ2n) is 3.72. The lowest BCUT2D eigenvalue weighted by molar-refractivity contribution is 0.101. The van der Waals surface area contributed by atoms with Crippen LogP contribution in [0, 0.1) is 0 Å². The predicted octanol–water partition coefficient (Wildman–Crippen LogP) is 1.76.